The van der Waals surface area contributed by atoms with E-state index in [1.165, 1.54) is 0 Å². The molecule has 2 aromatic rings. The smallest absolute Gasteiger partial charge is 0.265 e. The normalized spacial score (nSPS) is 12.1. The lowest BCUT2D eigenvalue weighted by Crippen LogP contribution is -2.30. The van der Waals surface area contributed by atoms with Crippen LogP contribution in [0.2, 0.25) is 10.0 Å². The number of amides is 1. The lowest BCUT2D eigenvalue weighted by atomic mass is 10.0. The molecule has 1 N–H and O–H groups in total. The number of hydrogen-bond donors (Lipinski definition) is 1. The minimum atomic E-state index is -0.667. The maximum absolute atomic E-state index is 12.4. The molecule has 0 saturated heterocycles. The minimum Gasteiger partial charge on any atom is -0.481 e. The van der Waals surface area contributed by atoms with Crippen molar-refractivity contribution in [1.82, 2.24) is 0 Å². The Morgan fingerprint density at radius 2 is 1.83 bits per heavy atom. The van der Waals surface area contributed by atoms with E-state index in [4.69, 9.17) is 27.9 Å². The number of aryl methyl sites for hydroxylation is 1. The molecule has 0 aliphatic carbocycles. The fourth-order valence-electron chi connectivity index (χ4n) is 2.30. The molecular formula is C19H21Cl2NO2. The van der Waals surface area contributed by atoms with E-state index < -0.39 is 6.10 Å². The Morgan fingerprint density at radius 3 is 2.50 bits per heavy atom. The fourth-order valence-corrected chi connectivity index (χ4v) is 2.65. The maximum Gasteiger partial charge on any atom is 0.265 e. The van der Waals surface area contributed by atoms with Crippen molar-refractivity contribution in [2.24, 2.45) is 0 Å². The Labute approximate surface area is 152 Å². The van der Waals surface area contributed by atoms with E-state index in [0.717, 1.165) is 16.9 Å². The molecule has 0 radical (unpaired) electrons. The van der Waals surface area contributed by atoms with E-state index >= 15 is 0 Å². The van der Waals surface area contributed by atoms with Crippen molar-refractivity contribution in [1.29, 1.82) is 0 Å². The third-order valence-electron chi connectivity index (χ3n) is 3.67. The number of anilines is 1. The second-order valence-electron chi connectivity index (χ2n) is 6.05. The third-order valence-corrected chi connectivity index (χ3v) is 4.49. The van der Waals surface area contributed by atoms with Crippen molar-refractivity contribution < 1.29 is 9.53 Å². The zero-order valence-corrected chi connectivity index (χ0v) is 15.7. The summed E-state index contributed by atoms with van der Waals surface area (Å²) in [6.45, 7) is 7.88. The summed E-state index contributed by atoms with van der Waals surface area (Å²) < 4.78 is 5.90. The SMILES string of the molecule is Cc1ccc(C(C)C)c(O[C@H](C)C(=O)Nc2cccc(Cl)c2Cl)c1. The van der Waals surface area contributed by atoms with Crippen LogP contribution in [0.15, 0.2) is 36.4 Å². The van der Waals surface area contributed by atoms with Gasteiger partial charge in [0, 0.05) is 0 Å². The Morgan fingerprint density at radius 1 is 1.12 bits per heavy atom. The van der Waals surface area contributed by atoms with Gasteiger partial charge in [-0.2, -0.15) is 0 Å². The van der Waals surface area contributed by atoms with Gasteiger partial charge in [0.05, 0.1) is 15.7 Å². The fraction of sp³-hybridized carbons (Fsp3) is 0.316. The molecule has 1 atom stereocenters. The lowest BCUT2D eigenvalue weighted by Gasteiger charge is -2.19. The molecule has 128 valence electrons. The number of ether oxygens (including phenoxy) is 1. The number of carbonyl (C=O) groups is 1. The molecule has 0 saturated carbocycles. The largest absolute Gasteiger partial charge is 0.481 e. The second kappa shape index (κ2) is 7.91. The molecule has 2 aromatic carbocycles. The molecule has 0 aromatic heterocycles. The van der Waals surface area contributed by atoms with Crippen molar-refractivity contribution in [2.45, 2.75) is 39.7 Å². The summed E-state index contributed by atoms with van der Waals surface area (Å²) in [5, 5.41) is 3.46. The van der Waals surface area contributed by atoms with Crippen molar-refractivity contribution in [3.63, 3.8) is 0 Å². The van der Waals surface area contributed by atoms with Gasteiger partial charge < -0.3 is 10.1 Å². The monoisotopic (exact) mass is 365 g/mol. The predicted octanol–water partition coefficient (Wildman–Crippen LogP) is 5.83. The molecule has 0 bridgehead atoms. The summed E-state index contributed by atoms with van der Waals surface area (Å²) in [4.78, 5) is 12.4. The van der Waals surface area contributed by atoms with Gasteiger partial charge in [-0.25, -0.2) is 0 Å². The quantitative estimate of drug-likeness (QED) is 0.723. The highest BCUT2D eigenvalue weighted by Gasteiger charge is 2.19. The minimum absolute atomic E-state index is 0.282. The first-order chi connectivity index (χ1) is 11.3. The summed E-state index contributed by atoms with van der Waals surface area (Å²) in [6.07, 6.45) is -0.667. The molecule has 1 amide bonds. The van der Waals surface area contributed by atoms with E-state index in [-0.39, 0.29) is 5.91 Å². The average molecular weight is 366 g/mol. The van der Waals surface area contributed by atoms with Crippen LogP contribution in [-0.2, 0) is 4.79 Å². The first kappa shape index (κ1) is 18.6. The zero-order valence-electron chi connectivity index (χ0n) is 14.2. The van der Waals surface area contributed by atoms with Gasteiger partial charge in [-0.15, -0.1) is 0 Å². The summed E-state index contributed by atoms with van der Waals surface area (Å²) in [6, 6.07) is 11.1. The van der Waals surface area contributed by atoms with E-state index in [9.17, 15) is 4.79 Å². The van der Waals surface area contributed by atoms with Crippen molar-refractivity contribution in [3.05, 3.63) is 57.6 Å². The maximum atomic E-state index is 12.4. The van der Waals surface area contributed by atoms with Crippen LogP contribution in [0.1, 0.15) is 37.8 Å². The molecular weight excluding hydrogens is 345 g/mol. The number of nitrogens with one attached hydrogen (secondary N) is 1. The molecule has 0 unspecified atom stereocenters. The van der Waals surface area contributed by atoms with Gasteiger partial charge in [-0.3, -0.25) is 4.79 Å². The summed E-state index contributed by atoms with van der Waals surface area (Å²) in [5.41, 5.74) is 2.62. The molecule has 0 aliphatic heterocycles. The Hall–Kier alpha value is -1.71. The van der Waals surface area contributed by atoms with E-state index in [1.54, 1.807) is 25.1 Å². The van der Waals surface area contributed by atoms with Crippen LogP contribution in [0.5, 0.6) is 5.75 Å². The Kier molecular flexibility index (Phi) is 6.14. The second-order valence-corrected chi connectivity index (χ2v) is 6.83. The topological polar surface area (TPSA) is 38.3 Å². The molecule has 0 aliphatic rings. The van der Waals surface area contributed by atoms with Gasteiger partial charge in [-0.05, 0) is 49.1 Å². The number of benzene rings is 2. The van der Waals surface area contributed by atoms with E-state index in [0.29, 0.717) is 21.7 Å². The predicted molar refractivity (Wildman–Crippen MR) is 100 cm³/mol. The molecule has 24 heavy (non-hydrogen) atoms. The highest BCUT2D eigenvalue weighted by Crippen LogP contribution is 2.31. The van der Waals surface area contributed by atoms with E-state index in [1.807, 2.05) is 25.1 Å². The summed E-state index contributed by atoms with van der Waals surface area (Å²) in [5.74, 6) is 0.749. The highest BCUT2D eigenvalue weighted by molar-refractivity contribution is 6.44. The summed E-state index contributed by atoms with van der Waals surface area (Å²) >= 11 is 12.1. The van der Waals surface area contributed by atoms with Crippen LogP contribution < -0.4 is 10.1 Å². The van der Waals surface area contributed by atoms with Crippen LogP contribution in [0.4, 0.5) is 5.69 Å². The molecule has 0 fully saturated rings. The van der Waals surface area contributed by atoms with Gasteiger partial charge in [0.1, 0.15) is 5.75 Å². The van der Waals surface area contributed by atoms with Gasteiger partial charge in [0.2, 0.25) is 0 Å². The third kappa shape index (κ3) is 4.43. The lowest BCUT2D eigenvalue weighted by molar-refractivity contribution is -0.122. The van der Waals surface area contributed by atoms with Gasteiger partial charge in [-0.1, -0.05) is 55.2 Å². The number of carbonyl (C=O) groups excluding carboxylic acids is 1. The number of hydrogen-bond acceptors (Lipinski definition) is 2. The first-order valence-corrected chi connectivity index (χ1v) is 8.57. The van der Waals surface area contributed by atoms with Crippen LogP contribution in [0.25, 0.3) is 0 Å². The molecule has 3 nitrogen and oxygen atoms in total. The van der Waals surface area contributed by atoms with Crippen molar-refractivity contribution in [2.75, 3.05) is 5.32 Å². The standard InChI is InChI=1S/C19H21Cl2NO2/c1-11(2)14-9-8-12(3)10-17(14)24-13(4)19(23)22-16-7-5-6-15(20)18(16)21/h5-11,13H,1-4H3,(H,22,23)/t13-/m1/s1. The van der Waals surface area contributed by atoms with Crippen LogP contribution in [0, 0.1) is 6.92 Å². The Bertz CT molecular complexity index is 744. The molecule has 5 heteroatoms. The van der Waals surface area contributed by atoms with Gasteiger partial charge in [0.25, 0.3) is 5.91 Å². The molecule has 2 rings (SSSR count). The van der Waals surface area contributed by atoms with Gasteiger partial charge in [0.15, 0.2) is 6.10 Å². The molecule has 0 spiro atoms. The van der Waals surface area contributed by atoms with Crippen LogP contribution in [0.3, 0.4) is 0 Å². The summed E-state index contributed by atoms with van der Waals surface area (Å²) in [7, 11) is 0. The highest BCUT2D eigenvalue weighted by atomic mass is 35.5. The number of rotatable bonds is 5. The van der Waals surface area contributed by atoms with Crippen LogP contribution >= 0.6 is 23.2 Å². The first-order valence-electron chi connectivity index (χ1n) is 7.81. The molecule has 0 heterocycles. The Balaban J connectivity index is 2.15. The van der Waals surface area contributed by atoms with Gasteiger partial charge >= 0.3 is 0 Å². The van der Waals surface area contributed by atoms with Crippen LogP contribution in [-0.4, -0.2) is 12.0 Å². The average Bonchev–Trinajstić information content (AvgIpc) is 2.51. The number of halogens is 2. The van der Waals surface area contributed by atoms with Crippen molar-refractivity contribution in [3.8, 4) is 5.75 Å². The van der Waals surface area contributed by atoms with Crippen molar-refractivity contribution >= 4 is 34.8 Å². The van der Waals surface area contributed by atoms with E-state index in [2.05, 4.69) is 19.2 Å². The zero-order chi connectivity index (χ0) is 17.9.